The molecule has 0 radical (unpaired) electrons. The van der Waals surface area contributed by atoms with E-state index >= 15 is 0 Å². The van der Waals surface area contributed by atoms with Crippen molar-refractivity contribution in [2.24, 2.45) is 47.3 Å². The predicted molar refractivity (Wildman–Crippen MR) is 289 cm³/mol. The monoisotopic (exact) mass is 1100 g/mol. The summed E-state index contributed by atoms with van der Waals surface area (Å²) in [6.07, 6.45) is -5.19. The molecular weight excluding hydrogens is 999 g/mol. The Bertz CT molecular complexity index is 1990. The normalized spacial score (nSPS) is 16.7. The third-order valence-electron chi connectivity index (χ3n) is 12.9. The van der Waals surface area contributed by atoms with E-state index in [1.165, 1.54) is 41.5 Å². The molecule has 0 aromatic heterocycles. The van der Waals surface area contributed by atoms with Crippen molar-refractivity contribution in [3.63, 3.8) is 0 Å². The van der Waals surface area contributed by atoms with Gasteiger partial charge in [-0.25, -0.2) is 14.4 Å². The molecule has 22 nitrogen and oxygen atoms in total. The Morgan fingerprint density at radius 3 is 1.26 bits per heavy atom. The van der Waals surface area contributed by atoms with Gasteiger partial charge in [-0.15, -0.1) is 0 Å². The molecule has 13 unspecified atom stereocenters. The molecule has 13 atom stereocenters. The molecule has 0 aliphatic carbocycles. The second kappa shape index (κ2) is 34.3. The van der Waals surface area contributed by atoms with Crippen LogP contribution >= 0.6 is 0 Å². The Balaban J connectivity index is 7.05. The lowest BCUT2D eigenvalue weighted by atomic mass is 9.95. The Kier molecular flexibility index (Phi) is 31.7. The molecule has 0 aliphatic heterocycles. The van der Waals surface area contributed by atoms with Crippen LogP contribution < -0.4 is 37.2 Å². The summed E-state index contributed by atoms with van der Waals surface area (Å²) >= 11 is 0. The van der Waals surface area contributed by atoms with Gasteiger partial charge in [-0.1, -0.05) is 124 Å². The first-order chi connectivity index (χ1) is 35.5. The number of ketones is 1. The minimum atomic E-state index is -1.79. The van der Waals surface area contributed by atoms with E-state index in [4.69, 9.17) is 14.2 Å². The smallest absolute Gasteiger partial charge is 0.348 e. The number of ether oxygens (including phenoxy) is 3. The zero-order valence-electron chi connectivity index (χ0n) is 49.7. The molecule has 0 bridgehead atoms. The topological polar surface area (TPSA) is 320 Å². The maximum atomic E-state index is 14.4. The summed E-state index contributed by atoms with van der Waals surface area (Å²) in [7, 11) is 0. The molecule has 22 heteroatoms. The van der Waals surface area contributed by atoms with Crippen LogP contribution in [0.4, 0.5) is 0 Å². The number of hydrogen-bond donors (Lipinski definition) is 8. The van der Waals surface area contributed by atoms with E-state index < -0.39 is 150 Å². The number of carbonyl (C=O) groups is 11. The average Bonchev–Trinajstić information content (AvgIpc) is 3.31. The number of carbonyl (C=O) groups excluding carboxylic acids is 11. The van der Waals surface area contributed by atoms with Crippen molar-refractivity contribution in [1.29, 1.82) is 0 Å². The summed E-state index contributed by atoms with van der Waals surface area (Å²) in [5.41, 5.74) is 0. The van der Waals surface area contributed by atoms with Gasteiger partial charge >= 0.3 is 17.9 Å². The molecule has 0 aromatic carbocycles. The Morgan fingerprint density at radius 1 is 0.403 bits per heavy atom. The van der Waals surface area contributed by atoms with Crippen LogP contribution in [0.15, 0.2) is 0 Å². The van der Waals surface area contributed by atoms with Crippen LogP contribution in [0.1, 0.15) is 171 Å². The molecule has 0 saturated carbocycles. The molecule has 77 heavy (non-hydrogen) atoms. The molecule has 0 rings (SSSR count). The summed E-state index contributed by atoms with van der Waals surface area (Å²) in [6.45, 7) is 32.7. The molecule has 8 N–H and O–H groups in total. The highest BCUT2D eigenvalue weighted by molar-refractivity contribution is 5.97. The molecule has 0 heterocycles. The Morgan fingerprint density at radius 2 is 0.831 bits per heavy atom. The summed E-state index contributed by atoms with van der Waals surface area (Å²) in [4.78, 5) is 149. The van der Waals surface area contributed by atoms with Gasteiger partial charge in [0.15, 0.2) is 17.9 Å². The fourth-order valence-electron chi connectivity index (χ4n) is 7.94. The van der Waals surface area contributed by atoms with Gasteiger partial charge in [-0.3, -0.25) is 38.4 Å². The quantitative estimate of drug-likeness (QED) is 0.0339. The van der Waals surface area contributed by atoms with Crippen molar-refractivity contribution in [3.8, 4) is 0 Å². The van der Waals surface area contributed by atoms with Gasteiger partial charge in [0, 0.05) is 18.8 Å². The fraction of sp³-hybridized carbons (Fsp3) is 0.800. The van der Waals surface area contributed by atoms with Crippen LogP contribution in [-0.2, 0) is 67.0 Å². The van der Waals surface area contributed by atoms with E-state index in [9.17, 15) is 57.8 Å². The highest BCUT2D eigenvalue weighted by Crippen LogP contribution is 2.20. The van der Waals surface area contributed by atoms with E-state index in [-0.39, 0.29) is 48.7 Å². The van der Waals surface area contributed by atoms with E-state index in [1.54, 1.807) is 83.1 Å². The largest absolute Gasteiger partial charge is 0.458 e. The number of nitrogens with one attached hydrogen (secondary N) is 7. The number of aliphatic hydroxyl groups is 1. The first-order valence-electron chi connectivity index (χ1n) is 27.4. The van der Waals surface area contributed by atoms with Gasteiger partial charge in [-0.2, -0.15) is 0 Å². The fourth-order valence-corrected chi connectivity index (χ4v) is 7.94. The van der Waals surface area contributed by atoms with Crippen LogP contribution in [0.5, 0.6) is 0 Å². The lowest BCUT2D eigenvalue weighted by molar-refractivity contribution is -0.180. The zero-order chi connectivity index (χ0) is 59.9. The number of aliphatic hydroxyl groups excluding tert-OH is 1. The van der Waals surface area contributed by atoms with Crippen molar-refractivity contribution >= 4 is 65.0 Å². The van der Waals surface area contributed by atoms with E-state index in [0.29, 0.717) is 12.8 Å². The third kappa shape index (κ3) is 25.1. The van der Waals surface area contributed by atoms with Crippen LogP contribution in [0.3, 0.4) is 0 Å². The Labute approximate surface area is 457 Å². The number of amides is 7. The predicted octanol–water partition coefficient (Wildman–Crippen LogP) is 3.32. The van der Waals surface area contributed by atoms with Gasteiger partial charge in [0.1, 0.15) is 36.3 Å². The molecule has 0 aliphatic rings. The molecule has 7 amide bonds. The first kappa shape index (κ1) is 71.3. The molecule has 442 valence electrons. The van der Waals surface area contributed by atoms with Crippen LogP contribution in [0.25, 0.3) is 0 Å². The van der Waals surface area contributed by atoms with Gasteiger partial charge < -0.3 is 56.5 Å². The van der Waals surface area contributed by atoms with Crippen molar-refractivity contribution in [2.75, 3.05) is 0 Å². The van der Waals surface area contributed by atoms with Gasteiger partial charge in [-0.05, 0) is 75.5 Å². The van der Waals surface area contributed by atoms with Gasteiger partial charge in [0.2, 0.25) is 41.5 Å². The maximum absolute atomic E-state index is 14.4. The summed E-state index contributed by atoms with van der Waals surface area (Å²) < 4.78 is 17.4. The van der Waals surface area contributed by atoms with Crippen molar-refractivity contribution in [3.05, 3.63) is 0 Å². The first-order valence-corrected chi connectivity index (χ1v) is 27.4. The molecule has 0 spiro atoms. The number of esters is 3. The standard InChI is InChI=1S/C55H97N7O15/c1-21-32(15)42(56-37(20)65)51(70)62-45(36(19)75-53(72)39(24-27(5)6)58-47(66)31(13)14)54(73)77-46(30(11)12)55(74)76-40(25-28(7)8)49(68)60-43(33(16)22-2)50(69)57-38(23-26(3)4)48(67)61-44(35(18)64)52(71)59-41(29(9)10)34(17)63/h26-33,35-36,38-46,64H,21-25H2,1-20H3,(H,56,65)(H,57,69)(H,58,66)(H,59,71)(H,60,68)(H,61,67)(H,62,70). The van der Waals surface area contributed by atoms with Crippen molar-refractivity contribution < 1.29 is 72.1 Å². The highest BCUT2D eigenvalue weighted by Gasteiger charge is 2.42. The van der Waals surface area contributed by atoms with Gasteiger partial charge in [0.05, 0.1) is 12.1 Å². The van der Waals surface area contributed by atoms with Crippen molar-refractivity contribution in [2.45, 2.75) is 237 Å². The molecular formula is C55H97N7O15. The van der Waals surface area contributed by atoms with Crippen molar-refractivity contribution in [1.82, 2.24) is 37.2 Å². The van der Waals surface area contributed by atoms with Crippen LogP contribution in [-0.4, -0.2) is 137 Å². The minimum Gasteiger partial charge on any atom is -0.458 e. The van der Waals surface area contributed by atoms with Crippen LogP contribution in [0, 0.1) is 47.3 Å². The van der Waals surface area contributed by atoms with Gasteiger partial charge in [0.25, 0.3) is 5.91 Å². The Hall–Kier alpha value is -5.67. The van der Waals surface area contributed by atoms with E-state index in [1.807, 2.05) is 13.8 Å². The minimum absolute atomic E-state index is 0.0651. The number of Topliss-reactive ketones (excluding diaryl/α,β-unsaturated/α-hetero) is 1. The van der Waals surface area contributed by atoms with Crippen LogP contribution in [0.2, 0.25) is 0 Å². The second-order valence-electron chi connectivity index (χ2n) is 22.8. The summed E-state index contributed by atoms with van der Waals surface area (Å²) in [5, 5.41) is 28.9. The molecule has 0 aromatic rings. The molecule has 0 saturated heterocycles. The number of hydrogen-bond acceptors (Lipinski definition) is 15. The number of rotatable bonds is 34. The molecule has 0 fully saturated rings. The second-order valence-corrected chi connectivity index (χ2v) is 22.8. The maximum Gasteiger partial charge on any atom is 0.348 e. The SMILES string of the molecule is CCC(C)C(NC(C)=O)C(=O)NC(C(=O)OC(C(=O)OC(CC(C)C)C(=O)NC(C(=O)NC(CC(C)C)C(=O)NC(C(=O)NC(C(C)=O)C(C)C)C(C)O)C(C)CC)C(C)C)C(C)OC(=O)C(CC(C)C)NC(=O)C(C)C. The summed E-state index contributed by atoms with van der Waals surface area (Å²) in [5.74, 6) is -11.8. The van der Waals surface area contributed by atoms with E-state index in [2.05, 4.69) is 37.2 Å². The highest BCUT2D eigenvalue weighted by atomic mass is 16.6. The average molecular weight is 1100 g/mol. The lowest BCUT2D eigenvalue weighted by Crippen LogP contribution is -2.61. The lowest BCUT2D eigenvalue weighted by Gasteiger charge is -2.31. The summed E-state index contributed by atoms with van der Waals surface area (Å²) in [6, 6.07) is -9.02. The zero-order valence-corrected chi connectivity index (χ0v) is 49.7. The van der Waals surface area contributed by atoms with E-state index in [0.717, 1.165) is 0 Å². The third-order valence-corrected chi connectivity index (χ3v) is 12.9.